The third-order valence-electron chi connectivity index (χ3n) is 3.99. The molecule has 2 amide bonds. The molecule has 10 nitrogen and oxygen atoms in total. The van der Waals surface area contributed by atoms with Crippen LogP contribution >= 0.6 is 0 Å². The fourth-order valence-electron chi connectivity index (χ4n) is 2.78. The molecule has 0 radical (unpaired) electrons. The van der Waals surface area contributed by atoms with Crippen LogP contribution in [0.15, 0.2) is 41.3 Å². The van der Waals surface area contributed by atoms with Crippen molar-refractivity contribution in [2.24, 2.45) is 5.73 Å². The van der Waals surface area contributed by atoms with E-state index < -0.39 is 28.3 Å². The Hall–Kier alpha value is -3.47. The molecule has 11 heteroatoms. The van der Waals surface area contributed by atoms with Gasteiger partial charge in [-0.3, -0.25) is 0 Å². The summed E-state index contributed by atoms with van der Waals surface area (Å²) in [6, 6.07) is 7.62. The normalized spacial score (nSPS) is 15.4. The molecular weight excluding hydrogens is 390 g/mol. The van der Waals surface area contributed by atoms with Gasteiger partial charge in [0.05, 0.1) is 19.1 Å². The second kappa shape index (κ2) is 7.27. The minimum atomic E-state index is -4.05. The summed E-state index contributed by atoms with van der Waals surface area (Å²) in [6.45, 7) is 0. The number of carbonyl (C=O) groups is 2. The zero-order valence-electron chi connectivity index (χ0n) is 14.9. The van der Waals surface area contributed by atoms with Crippen LogP contribution in [-0.2, 0) is 14.8 Å². The lowest BCUT2D eigenvalue weighted by atomic mass is 10.1. The number of anilines is 1. The van der Waals surface area contributed by atoms with Crippen LogP contribution in [0, 0.1) is 0 Å². The fourth-order valence-corrected chi connectivity index (χ4v) is 3.66. The average Bonchev–Trinajstić information content (AvgIpc) is 2.96. The van der Waals surface area contributed by atoms with E-state index in [1.165, 1.54) is 38.5 Å². The standard InChI is InChI=1S/C17H17N3O7S/c1-25-12-8-7-11-13(14(12)26-2)16(21)27-15(11)19-9-3-5-10(6-4-9)28(23,24)20-17(18)22/h3-8,15,19H,1-2H3,(H3,18,20,22). The summed E-state index contributed by atoms with van der Waals surface area (Å²) in [5, 5.41) is 2.99. The Balaban J connectivity index is 1.85. The first-order valence-corrected chi connectivity index (χ1v) is 9.40. The smallest absolute Gasteiger partial charge is 0.344 e. The van der Waals surface area contributed by atoms with Gasteiger partial charge in [-0.15, -0.1) is 0 Å². The van der Waals surface area contributed by atoms with Crippen LogP contribution in [-0.4, -0.2) is 34.6 Å². The lowest BCUT2D eigenvalue weighted by Gasteiger charge is -2.15. The molecule has 1 aliphatic rings. The van der Waals surface area contributed by atoms with E-state index in [1.807, 2.05) is 0 Å². The third-order valence-corrected chi connectivity index (χ3v) is 5.35. The van der Waals surface area contributed by atoms with E-state index in [0.717, 1.165) is 0 Å². The molecule has 0 saturated carbocycles. The highest BCUT2D eigenvalue weighted by Crippen LogP contribution is 2.42. The molecule has 1 atom stereocenters. The molecule has 0 saturated heterocycles. The maximum atomic E-state index is 12.3. The number of carbonyl (C=O) groups excluding carboxylic acids is 2. The molecule has 28 heavy (non-hydrogen) atoms. The van der Waals surface area contributed by atoms with E-state index >= 15 is 0 Å². The Morgan fingerprint density at radius 3 is 2.36 bits per heavy atom. The number of nitrogens with one attached hydrogen (secondary N) is 2. The highest BCUT2D eigenvalue weighted by Gasteiger charge is 2.35. The molecule has 4 N–H and O–H groups in total. The molecule has 1 aliphatic heterocycles. The quantitative estimate of drug-likeness (QED) is 0.608. The van der Waals surface area contributed by atoms with Gasteiger partial charge in [0, 0.05) is 11.3 Å². The van der Waals surface area contributed by atoms with E-state index in [4.69, 9.17) is 19.9 Å². The summed E-state index contributed by atoms with van der Waals surface area (Å²) in [4.78, 5) is 22.9. The summed E-state index contributed by atoms with van der Waals surface area (Å²) in [5.74, 6) is 0.0942. The number of nitrogens with two attached hydrogens (primary N) is 1. The first-order chi connectivity index (χ1) is 13.3. The largest absolute Gasteiger partial charge is 0.493 e. The maximum Gasteiger partial charge on any atom is 0.344 e. The fraction of sp³-hybridized carbons (Fsp3) is 0.176. The van der Waals surface area contributed by atoms with Crippen molar-refractivity contribution in [3.05, 3.63) is 47.5 Å². The van der Waals surface area contributed by atoms with Crippen molar-refractivity contribution >= 4 is 27.7 Å². The van der Waals surface area contributed by atoms with Crippen molar-refractivity contribution in [1.82, 2.24) is 4.72 Å². The number of methoxy groups -OCH3 is 2. The Bertz CT molecular complexity index is 1040. The van der Waals surface area contributed by atoms with E-state index in [-0.39, 0.29) is 16.2 Å². The van der Waals surface area contributed by atoms with Crippen molar-refractivity contribution in [1.29, 1.82) is 0 Å². The molecule has 0 aromatic heterocycles. The van der Waals surface area contributed by atoms with Gasteiger partial charge in [-0.25, -0.2) is 22.7 Å². The average molecular weight is 407 g/mol. The number of hydrogen-bond donors (Lipinski definition) is 3. The number of hydrogen-bond acceptors (Lipinski definition) is 8. The zero-order valence-corrected chi connectivity index (χ0v) is 15.7. The van der Waals surface area contributed by atoms with Gasteiger partial charge in [0.15, 0.2) is 11.5 Å². The van der Waals surface area contributed by atoms with Crippen LogP contribution in [0.4, 0.5) is 10.5 Å². The molecule has 0 spiro atoms. The number of esters is 1. The van der Waals surface area contributed by atoms with Crippen molar-refractivity contribution in [2.75, 3.05) is 19.5 Å². The summed E-state index contributed by atoms with van der Waals surface area (Å²) in [6.07, 6.45) is -0.798. The Morgan fingerprint density at radius 2 is 1.79 bits per heavy atom. The predicted octanol–water partition coefficient (Wildman–Crippen LogP) is 1.34. The van der Waals surface area contributed by atoms with E-state index in [1.54, 1.807) is 16.9 Å². The number of rotatable bonds is 6. The van der Waals surface area contributed by atoms with Crippen molar-refractivity contribution < 1.29 is 32.2 Å². The van der Waals surface area contributed by atoms with Crippen molar-refractivity contribution in [2.45, 2.75) is 11.1 Å². The highest BCUT2D eigenvalue weighted by atomic mass is 32.2. The molecule has 0 bridgehead atoms. The molecule has 1 heterocycles. The number of fused-ring (bicyclic) bond motifs is 1. The molecule has 0 fully saturated rings. The Morgan fingerprint density at radius 1 is 1.11 bits per heavy atom. The minimum Gasteiger partial charge on any atom is -0.493 e. The van der Waals surface area contributed by atoms with Crippen LogP contribution in [0.5, 0.6) is 11.5 Å². The van der Waals surface area contributed by atoms with E-state index in [0.29, 0.717) is 17.0 Å². The number of amides is 2. The monoisotopic (exact) mass is 407 g/mol. The lowest BCUT2D eigenvalue weighted by molar-refractivity contribution is 0.0435. The molecule has 0 aliphatic carbocycles. The van der Waals surface area contributed by atoms with Crippen molar-refractivity contribution in [3.63, 3.8) is 0 Å². The topological polar surface area (TPSA) is 146 Å². The summed E-state index contributed by atoms with van der Waals surface area (Å²) in [5.41, 5.74) is 6.14. The van der Waals surface area contributed by atoms with Gasteiger partial charge in [0.2, 0.25) is 6.23 Å². The summed E-state index contributed by atoms with van der Waals surface area (Å²) >= 11 is 0. The number of sulfonamides is 1. The summed E-state index contributed by atoms with van der Waals surface area (Å²) < 4.78 is 41.3. The van der Waals surface area contributed by atoms with Gasteiger partial charge < -0.3 is 25.3 Å². The first-order valence-electron chi connectivity index (χ1n) is 7.91. The Kier molecular flexibility index (Phi) is 5.01. The molecule has 3 rings (SSSR count). The minimum absolute atomic E-state index is 0.146. The van der Waals surface area contributed by atoms with Crippen LogP contribution in [0.1, 0.15) is 22.1 Å². The van der Waals surface area contributed by atoms with E-state index in [9.17, 15) is 18.0 Å². The SMILES string of the molecule is COc1ccc2c(c1OC)C(=O)OC2Nc1ccc(S(=O)(=O)NC(N)=O)cc1. The second-order valence-corrected chi connectivity index (χ2v) is 7.37. The predicted molar refractivity (Wildman–Crippen MR) is 97.7 cm³/mol. The van der Waals surface area contributed by atoms with Gasteiger partial charge in [0.25, 0.3) is 10.0 Å². The second-order valence-electron chi connectivity index (χ2n) is 5.69. The lowest BCUT2D eigenvalue weighted by Crippen LogP contribution is -2.34. The first kappa shape index (κ1) is 19.3. The van der Waals surface area contributed by atoms with Gasteiger partial charge >= 0.3 is 12.0 Å². The third kappa shape index (κ3) is 3.51. The molecule has 2 aromatic rings. The van der Waals surface area contributed by atoms with E-state index in [2.05, 4.69) is 5.32 Å². The van der Waals surface area contributed by atoms with Gasteiger partial charge in [-0.05, 0) is 36.4 Å². The highest BCUT2D eigenvalue weighted by molar-refractivity contribution is 7.90. The zero-order chi connectivity index (χ0) is 20.5. The van der Waals surface area contributed by atoms with Crippen molar-refractivity contribution in [3.8, 4) is 11.5 Å². The van der Waals surface area contributed by atoms with Gasteiger partial charge in [0.1, 0.15) is 5.56 Å². The van der Waals surface area contributed by atoms with Gasteiger partial charge in [-0.1, -0.05) is 0 Å². The van der Waals surface area contributed by atoms with Crippen LogP contribution in [0.25, 0.3) is 0 Å². The molecule has 2 aromatic carbocycles. The maximum absolute atomic E-state index is 12.3. The van der Waals surface area contributed by atoms with Crippen LogP contribution in [0.2, 0.25) is 0 Å². The van der Waals surface area contributed by atoms with Crippen LogP contribution < -0.4 is 25.2 Å². The number of benzene rings is 2. The Labute approximate surface area is 160 Å². The number of cyclic esters (lactones) is 1. The number of primary amides is 1. The molecule has 148 valence electrons. The molecular formula is C17H17N3O7S. The summed E-state index contributed by atoms with van der Waals surface area (Å²) in [7, 11) is -1.16. The van der Waals surface area contributed by atoms with Gasteiger partial charge in [-0.2, -0.15) is 0 Å². The molecule has 1 unspecified atom stereocenters. The van der Waals surface area contributed by atoms with Crippen LogP contribution in [0.3, 0.4) is 0 Å². The number of urea groups is 1. The number of ether oxygens (including phenoxy) is 3.